The molecule has 1 aliphatic heterocycles. The summed E-state index contributed by atoms with van der Waals surface area (Å²) in [5, 5.41) is 0. The Morgan fingerprint density at radius 3 is 2.88 bits per heavy atom. The summed E-state index contributed by atoms with van der Waals surface area (Å²) < 4.78 is 5.47. The number of benzene rings is 1. The Labute approximate surface area is 152 Å². The van der Waals surface area contributed by atoms with E-state index in [1.807, 2.05) is 30.3 Å². The summed E-state index contributed by atoms with van der Waals surface area (Å²) in [5.74, 6) is 0.732. The number of rotatable bonds is 3. The molecule has 134 valence electrons. The Hall–Kier alpha value is -2.76. The predicted octanol–water partition coefficient (Wildman–Crippen LogP) is 3.47. The van der Waals surface area contributed by atoms with E-state index >= 15 is 0 Å². The molecule has 26 heavy (non-hydrogen) atoms. The van der Waals surface area contributed by atoms with Crippen molar-refractivity contribution in [3.05, 3.63) is 59.2 Å². The highest BCUT2D eigenvalue weighted by Crippen LogP contribution is 2.31. The van der Waals surface area contributed by atoms with E-state index in [1.54, 1.807) is 11.1 Å². The standard InChI is InChI=1S/C20H21N3O3/c24-18-10-4-8-16-15(18)12-21-19(22-16)17-9-5-11-23(17)20(25)26-13-14-6-2-1-3-7-14/h1-3,6-7,12,17H,4-5,8-11,13H2. The molecule has 2 aromatic rings. The van der Waals surface area contributed by atoms with Gasteiger partial charge in [-0.1, -0.05) is 30.3 Å². The normalized spacial score (nSPS) is 19.3. The third kappa shape index (κ3) is 3.31. The Morgan fingerprint density at radius 1 is 1.19 bits per heavy atom. The molecule has 0 N–H and O–H groups in total. The van der Waals surface area contributed by atoms with Crippen molar-refractivity contribution in [3.63, 3.8) is 0 Å². The fraction of sp³-hybridized carbons (Fsp3) is 0.400. The number of nitrogens with zero attached hydrogens (tertiary/aromatic N) is 3. The number of carbonyl (C=O) groups excluding carboxylic acids is 2. The van der Waals surface area contributed by atoms with Crippen molar-refractivity contribution < 1.29 is 14.3 Å². The van der Waals surface area contributed by atoms with Gasteiger partial charge in [-0.3, -0.25) is 9.69 Å². The highest BCUT2D eigenvalue weighted by atomic mass is 16.6. The number of ether oxygens (including phenoxy) is 1. The van der Waals surface area contributed by atoms with Gasteiger partial charge < -0.3 is 4.74 Å². The third-order valence-corrected chi connectivity index (χ3v) is 4.99. The molecule has 1 aliphatic carbocycles. The number of ketones is 1. The van der Waals surface area contributed by atoms with Gasteiger partial charge in [0.1, 0.15) is 6.61 Å². The largest absolute Gasteiger partial charge is 0.445 e. The molecule has 0 bridgehead atoms. The molecule has 1 atom stereocenters. The van der Waals surface area contributed by atoms with E-state index in [9.17, 15) is 9.59 Å². The average molecular weight is 351 g/mol. The number of amides is 1. The van der Waals surface area contributed by atoms with Crippen LogP contribution in [0.3, 0.4) is 0 Å². The van der Waals surface area contributed by atoms with Crippen molar-refractivity contribution in [3.8, 4) is 0 Å². The molecule has 0 saturated carbocycles. The van der Waals surface area contributed by atoms with Gasteiger partial charge in [-0.2, -0.15) is 0 Å². The number of hydrogen-bond acceptors (Lipinski definition) is 5. The van der Waals surface area contributed by atoms with Gasteiger partial charge in [-0.15, -0.1) is 0 Å². The van der Waals surface area contributed by atoms with E-state index in [1.165, 1.54) is 0 Å². The van der Waals surface area contributed by atoms with Crippen molar-refractivity contribution in [2.75, 3.05) is 6.54 Å². The molecule has 4 rings (SSSR count). The van der Waals surface area contributed by atoms with Gasteiger partial charge in [0, 0.05) is 19.2 Å². The fourth-order valence-corrected chi connectivity index (χ4v) is 3.62. The molecular formula is C20H21N3O3. The van der Waals surface area contributed by atoms with Crippen molar-refractivity contribution >= 4 is 11.9 Å². The third-order valence-electron chi connectivity index (χ3n) is 4.99. The van der Waals surface area contributed by atoms with E-state index in [4.69, 9.17) is 4.74 Å². The molecule has 1 amide bonds. The number of fused-ring (bicyclic) bond motifs is 1. The first-order valence-electron chi connectivity index (χ1n) is 9.09. The van der Waals surface area contributed by atoms with E-state index in [-0.39, 0.29) is 24.5 Å². The topological polar surface area (TPSA) is 72.4 Å². The van der Waals surface area contributed by atoms with E-state index < -0.39 is 0 Å². The summed E-state index contributed by atoms with van der Waals surface area (Å²) in [6.45, 7) is 0.889. The monoisotopic (exact) mass is 351 g/mol. The molecule has 2 heterocycles. The molecule has 0 radical (unpaired) electrons. The summed E-state index contributed by atoms with van der Waals surface area (Å²) in [6.07, 6.45) is 5.19. The lowest BCUT2D eigenvalue weighted by Gasteiger charge is -2.24. The quantitative estimate of drug-likeness (QED) is 0.847. The summed E-state index contributed by atoms with van der Waals surface area (Å²) in [4.78, 5) is 35.2. The highest BCUT2D eigenvalue weighted by molar-refractivity contribution is 5.97. The zero-order valence-corrected chi connectivity index (χ0v) is 14.6. The second-order valence-corrected chi connectivity index (χ2v) is 6.76. The molecule has 1 fully saturated rings. The number of hydrogen-bond donors (Lipinski definition) is 0. The Kier molecular flexibility index (Phi) is 4.65. The molecule has 6 heteroatoms. The minimum absolute atomic E-state index is 0.114. The Morgan fingerprint density at radius 2 is 2.04 bits per heavy atom. The summed E-state index contributed by atoms with van der Waals surface area (Å²) in [7, 11) is 0. The van der Waals surface area contributed by atoms with E-state index in [0.717, 1.165) is 36.9 Å². The zero-order valence-electron chi connectivity index (χ0n) is 14.6. The Bertz CT molecular complexity index is 822. The van der Waals surface area contributed by atoms with Crippen molar-refractivity contribution in [1.82, 2.24) is 14.9 Å². The molecule has 1 aromatic carbocycles. The van der Waals surface area contributed by atoms with Crippen LogP contribution in [0.1, 0.15) is 59.2 Å². The van der Waals surface area contributed by atoms with Gasteiger partial charge in [0.2, 0.25) is 0 Å². The van der Waals surface area contributed by atoms with E-state index in [2.05, 4.69) is 9.97 Å². The predicted molar refractivity (Wildman–Crippen MR) is 94.6 cm³/mol. The van der Waals surface area contributed by atoms with Gasteiger partial charge in [0.15, 0.2) is 11.6 Å². The summed E-state index contributed by atoms with van der Waals surface area (Å²) in [6, 6.07) is 9.45. The lowest BCUT2D eigenvalue weighted by molar-refractivity contribution is 0.0903. The van der Waals surface area contributed by atoms with Crippen LogP contribution in [0.5, 0.6) is 0 Å². The SMILES string of the molecule is O=C1CCCc2nc(C3CCCN3C(=O)OCc3ccccc3)ncc21. The van der Waals surface area contributed by atoms with Crippen LogP contribution in [0.4, 0.5) is 4.79 Å². The van der Waals surface area contributed by atoms with Gasteiger partial charge >= 0.3 is 6.09 Å². The first kappa shape index (κ1) is 16.7. The van der Waals surface area contributed by atoms with E-state index in [0.29, 0.717) is 24.4 Å². The molecule has 6 nitrogen and oxygen atoms in total. The van der Waals surface area contributed by atoms with Crippen LogP contribution in [-0.2, 0) is 17.8 Å². The number of carbonyl (C=O) groups is 2. The fourth-order valence-electron chi connectivity index (χ4n) is 3.62. The number of aryl methyl sites for hydroxylation is 1. The number of likely N-dealkylation sites (tertiary alicyclic amines) is 1. The number of Topliss-reactive ketones (excluding diaryl/α,β-unsaturated/α-hetero) is 1. The van der Waals surface area contributed by atoms with Gasteiger partial charge in [0.05, 0.1) is 17.3 Å². The van der Waals surface area contributed by atoms with Crippen molar-refractivity contribution in [1.29, 1.82) is 0 Å². The number of aromatic nitrogens is 2. The maximum absolute atomic E-state index is 12.5. The minimum atomic E-state index is -0.339. The van der Waals surface area contributed by atoms with Gasteiger partial charge in [-0.05, 0) is 31.2 Å². The molecule has 1 saturated heterocycles. The van der Waals surface area contributed by atoms with Crippen LogP contribution in [0.15, 0.2) is 36.5 Å². The summed E-state index contributed by atoms with van der Waals surface area (Å²) in [5.41, 5.74) is 2.41. The molecule has 1 aromatic heterocycles. The smallest absolute Gasteiger partial charge is 0.410 e. The van der Waals surface area contributed by atoms with Gasteiger partial charge in [0.25, 0.3) is 0 Å². The van der Waals surface area contributed by atoms with Crippen LogP contribution >= 0.6 is 0 Å². The van der Waals surface area contributed by atoms with Crippen LogP contribution in [-0.4, -0.2) is 33.3 Å². The van der Waals surface area contributed by atoms with Crippen molar-refractivity contribution in [2.45, 2.75) is 44.8 Å². The first-order chi connectivity index (χ1) is 12.7. The molecular weight excluding hydrogens is 330 g/mol. The molecule has 0 spiro atoms. The van der Waals surface area contributed by atoms with Crippen LogP contribution < -0.4 is 0 Å². The highest BCUT2D eigenvalue weighted by Gasteiger charge is 2.34. The molecule has 2 aliphatic rings. The summed E-state index contributed by atoms with van der Waals surface area (Å²) >= 11 is 0. The lowest BCUT2D eigenvalue weighted by Crippen LogP contribution is -2.32. The zero-order chi connectivity index (χ0) is 17.9. The second-order valence-electron chi connectivity index (χ2n) is 6.76. The average Bonchev–Trinajstić information content (AvgIpc) is 3.17. The van der Waals surface area contributed by atoms with Crippen molar-refractivity contribution in [2.24, 2.45) is 0 Å². The van der Waals surface area contributed by atoms with Gasteiger partial charge in [-0.25, -0.2) is 14.8 Å². The maximum Gasteiger partial charge on any atom is 0.410 e. The van der Waals surface area contributed by atoms with Crippen LogP contribution in [0.25, 0.3) is 0 Å². The first-order valence-corrected chi connectivity index (χ1v) is 9.09. The molecule has 1 unspecified atom stereocenters. The van der Waals surface area contributed by atoms with Crippen LogP contribution in [0.2, 0.25) is 0 Å². The minimum Gasteiger partial charge on any atom is -0.445 e. The Balaban J connectivity index is 1.48. The lowest BCUT2D eigenvalue weighted by atomic mass is 9.96. The van der Waals surface area contributed by atoms with Crippen LogP contribution in [0, 0.1) is 0 Å². The maximum atomic E-state index is 12.5. The second kappa shape index (κ2) is 7.23.